The van der Waals surface area contributed by atoms with E-state index in [1.807, 2.05) is 20.8 Å². The molecule has 0 bridgehead atoms. The number of benzene rings is 1. The van der Waals surface area contributed by atoms with Crippen molar-refractivity contribution in [2.45, 2.75) is 32.5 Å². The summed E-state index contributed by atoms with van der Waals surface area (Å²) < 4.78 is 1.55. The molecule has 8 nitrogen and oxygen atoms in total. The van der Waals surface area contributed by atoms with Crippen LogP contribution in [0.1, 0.15) is 17.4 Å². The third-order valence-electron chi connectivity index (χ3n) is 4.28. The Morgan fingerprint density at radius 1 is 1.36 bits per heavy atom. The van der Waals surface area contributed by atoms with Crippen molar-refractivity contribution in [2.75, 3.05) is 11.1 Å². The van der Waals surface area contributed by atoms with Crippen LogP contribution in [-0.4, -0.2) is 26.1 Å². The molecule has 0 saturated carbocycles. The van der Waals surface area contributed by atoms with E-state index in [2.05, 4.69) is 10.3 Å². The summed E-state index contributed by atoms with van der Waals surface area (Å²) in [5.74, 6) is -0.428. The zero-order valence-electron chi connectivity index (χ0n) is 15.5. The van der Waals surface area contributed by atoms with E-state index in [0.29, 0.717) is 21.9 Å². The number of carbonyl (C=O) groups excluding carboxylic acids is 1. The lowest BCUT2D eigenvalue weighted by molar-refractivity contribution is -0.383. The number of carbonyl (C=O) groups is 1. The van der Waals surface area contributed by atoms with E-state index in [0.717, 1.165) is 22.2 Å². The molecule has 3 rings (SSSR count). The Balaban J connectivity index is 1.83. The third kappa shape index (κ3) is 3.78. The van der Waals surface area contributed by atoms with Crippen LogP contribution in [0.15, 0.2) is 34.2 Å². The number of nitro groups is 1. The number of hydrogen-bond acceptors (Lipinski definition) is 7. The smallest absolute Gasteiger partial charge is 0.292 e. The normalized spacial score (nSPS) is 11.0. The molecule has 0 radical (unpaired) electrons. The molecule has 2 aromatic heterocycles. The molecule has 1 aromatic carbocycles. The maximum Gasteiger partial charge on any atom is 0.292 e. The summed E-state index contributed by atoms with van der Waals surface area (Å²) in [6, 6.07) is 5.95. The summed E-state index contributed by atoms with van der Waals surface area (Å²) >= 11 is 2.59. The lowest BCUT2D eigenvalue weighted by Gasteiger charge is -2.10. The Morgan fingerprint density at radius 3 is 2.75 bits per heavy atom. The molecule has 3 aromatic rings. The van der Waals surface area contributed by atoms with Gasteiger partial charge in [0.05, 0.1) is 16.1 Å². The number of anilines is 1. The molecule has 0 aliphatic carbocycles. The Bertz CT molecular complexity index is 1140. The van der Waals surface area contributed by atoms with E-state index in [1.54, 1.807) is 10.6 Å². The topological polar surface area (TPSA) is 107 Å². The number of aryl methyl sites for hydroxylation is 2. The molecule has 1 amide bonds. The van der Waals surface area contributed by atoms with Crippen LogP contribution in [0.2, 0.25) is 0 Å². The molecule has 28 heavy (non-hydrogen) atoms. The highest BCUT2D eigenvalue weighted by Gasteiger charge is 2.18. The van der Waals surface area contributed by atoms with Crippen LogP contribution in [-0.2, 0) is 11.3 Å². The molecule has 146 valence electrons. The van der Waals surface area contributed by atoms with Gasteiger partial charge in [-0.05, 0) is 32.4 Å². The molecular formula is C18H18N4O4S2. The van der Waals surface area contributed by atoms with Gasteiger partial charge < -0.3 is 5.32 Å². The number of nitro benzene ring substituents is 1. The predicted molar refractivity (Wildman–Crippen MR) is 111 cm³/mol. The number of nitrogens with one attached hydrogen (secondary N) is 1. The highest BCUT2D eigenvalue weighted by Crippen LogP contribution is 2.29. The lowest BCUT2D eigenvalue weighted by atomic mass is 10.2. The quantitative estimate of drug-likeness (QED) is 0.283. The summed E-state index contributed by atoms with van der Waals surface area (Å²) in [5.41, 5.74) is 0.788. The molecule has 0 saturated heterocycles. The number of amides is 1. The van der Waals surface area contributed by atoms with Crippen LogP contribution in [0.3, 0.4) is 0 Å². The van der Waals surface area contributed by atoms with Gasteiger partial charge in [0, 0.05) is 17.5 Å². The number of fused-ring (bicyclic) bond motifs is 1. The van der Waals surface area contributed by atoms with Gasteiger partial charge in [0.2, 0.25) is 5.91 Å². The summed E-state index contributed by atoms with van der Waals surface area (Å²) in [7, 11) is 0. The van der Waals surface area contributed by atoms with Crippen molar-refractivity contribution in [3.05, 3.63) is 55.2 Å². The Hall–Kier alpha value is -2.72. The minimum atomic E-state index is -0.547. The van der Waals surface area contributed by atoms with E-state index in [-0.39, 0.29) is 22.7 Å². The van der Waals surface area contributed by atoms with Gasteiger partial charge in [-0.25, -0.2) is 4.98 Å². The number of thioether (sulfide) groups is 1. The Kier molecular flexibility index (Phi) is 5.80. The molecule has 0 aliphatic heterocycles. The van der Waals surface area contributed by atoms with Crippen LogP contribution in [0, 0.1) is 24.0 Å². The minimum Gasteiger partial charge on any atom is -0.320 e. The second-order valence-electron chi connectivity index (χ2n) is 6.02. The first-order valence-electron chi connectivity index (χ1n) is 8.50. The van der Waals surface area contributed by atoms with Gasteiger partial charge in [-0.3, -0.25) is 24.3 Å². The molecule has 1 N–H and O–H groups in total. The first kappa shape index (κ1) is 20.0. The maximum absolute atomic E-state index is 12.8. The highest BCUT2D eigenvalue weighted by molar-refractivity contribution is 7.99. The van der Waals surface area contributed by atoms with Gasteiger partial charge in [0.1, 0.15) is 10.5 Å². The van der Waals surface area contributed by atoms with Crippen LogP contribution in [0.4, 0.5) is 11.4 Å². The minimum absolute atomic E-state index is 0.0205. The number of nitrogens with zero attached hydrogens (tertiary/aromatic N) is 3. The van der Waals surface area contributed by atoms with Gasteiger partial charge in [0.15, 0.2) is 5.16 Å². The third-order valence-corrected chi connectivity index (χ3v) is 6.35. The summed E-state index contributed by atoms with van der Waals surface area (Å²) in [5, 5.41) is 14.7. The fourth-order valence-corrected chi connectivity index (χ4v) is 4.69. The van der Waals surface area contributed by atoms with E-state index < -0.39 is 10.8 Å². The molecule has 2 heterocycles. The second kappa shape index (κ2) is 8.11. The SMILES string of the molecule is CCn1c(SCC(=O)Nc2ccccc2[N+](=O)[O-])nc2sc(C)c(C)c2c1=O. The molecule has 0 atom stereocenters. The van der Waals surface area contributed by atoms with Crippen molar-refractivity contribution < 1.29 is 9.72 Å². The van der Waals surface area contributed by atoms with Gasteiger partial charge >= 0.3 is 0 Å². The molecule has 0 spiro atoms. The number of para-hydroxylation sites is 2. The largest absolute Gasteiger partial charge is 0.320 e. The van der Waals surface area contributed by atoms with Crippen LogP contribution in [0.25, 0.3) is 10.2 Å². The van der Waals surface area contributed by atoms with Crippen molar-refractivity contribution in [3.8, 4) is 0 Å². The lowest BCUT2D eigenvalue weighted by Crippen LogP contribution is -2.23. The van der Waals surface area contributed by atoms with Gasteiger partial charge in [-0.1, -0.05) is 23.9 Å². The fraction of sp³-hybridized carbons (Fsp3) is 0.278. The number of thiophene rings is 1. The number of hydrogen-bond donors (Lipinski definition) is 1. The van der Waals surface area contributed by atoms with Crippen LogP contribution < -0.4 is 10.9 Å². The zero-order chi connectivity index (χ0) is 20.4. The number of rotatable bonds is 6. The van der Waals surface area contributed by atoms with Gasteiger partial charge in [-0.2, -0.15) is 0 Å². The van der Waals surface area contributed by atoms with Crippen molar-refractivity contribution in [2.24, 2.45) is 0 Å². The summed E-state index contributed by atoms with van der Waals surface area (Å²) in [6.45, 7) is 6.14. The highest BCUT2D eigenvalue weighted by atomic mass is 32.2. The van der Waals surface area contributed by atoms with Crippen molar-refractivity contribution in [3.63, 3.8) is 0 Å². The molecular weight excluding hydrogens is 400 g/mol. The maximum atomic E-state index is 12.8. The summed E-state index contributed by atoms with van der Waals surface area (Å²) in [4.78, 5) is 41.9. The fourth-order valence-electron chi connectivity index (χ4n) is 2.75. The van der Waals surface area contributed by atoms with Crippen molar-refractivity contribution in [1.29, 1.82) is 0 Å². The average Bonchev–Trinajstić information content (AvgIpc) is 2.94. The van der Waals surface area contributed by atoms with E-state index >= 15 is 0 Å². The first-order valence-corrected chi connectivity index (χ1v) is 10.3. The van der Waals surface area contributed by atoms with Gasteiger partial charge in [0.25, 0.3) is 11.2 Å². The summed E-state index contributed by atoms with van der Waals surface area (Å²) in [6.07, 6.45) is 0. The van der Waals surface area contributed by atoms with Crippen LogP contribution >= 0.6 is 23.1 Å². The van der Waals surface area contributed by atoms with Crippen molar-refractivity contribution >= 4 is 50.6 Å². The molecule has 10 heteroatoms. The number of aromatic nitrogens is 2. The zero-order valence-corrected chi connectivity index (χ0v) is 17.1. The first-order chi connectivity index (χ1) is 13.3. The Morgan fingerprint density at radius 2 is 2.07 bits per heavy atom. The second-order valence-corrected chi connectivity index (χ2v) is 8.16. The van der Waals surface area contributed by atoms with Crippen molar-refractivity contribution in [1.82, 2.24) is 9.55 Å². The molecule has 0 aliphatic rings. The predicted octanol–water partition coefficient (Wildman–Crippen LogP) is 3.73. The molecule has 0 unspecified atom stereocenters. The molecule has 0 fully saturated rings. The average molecular weight is 419 g/mol. The Labute approximate surface area is 168 Å². The van der Waals surface area contributed by atoms with Crippen LogP contribution in [0.5, 0.6) is 0 Å². The van der Waals surface area contributed by atoms with Gasteiger partial charge in [-0.15, -0.1) is 11.3 Å². The van der Waals surface area contributed by atoms with E-state index in [9.17, 15) is 19.7 Å². The van der Waals surface area contributed by atoms with E-state index in [4.69, 9.17) is 0 Å². The monoisotopic (exact) mass is 418 g/mol. The van der Waals surface area contributed by atoms with E-state index in [1.165, 1.54) is 29.5 Å². The standard InChI is InChI=1S/C18H18N4O4S2/c1-4-21-17(24)15-10(2)11(3)28-16(15)20-18(21)27-9-14(23)19-12-7-5-6-8-13(12)22(25)26/h5-8H,4,9H2,1-3H3,(H,19,23).